The molecule has 9 heteroatoms. The predicted molar refractivity (Wildman–Crippen MR) is 196 cm³/mol. The molecule has 5 rings (SSSR count). The first-order chi connectivity index (χ1) is 23.4. The number of halogens is 2. The molecule has 3 aromatic carbocycles. The quantitative estimate of drug-likeness (QED) is 0.145. The summed E-state index contributed by atoms with van der Waals surface area (Å²) in [5, 5.41) is 13.7. The maximum atomic E-state index is 13.9. The van der Waals surface area contributed by atoms with E-state index in [0.29, 0.717) is 34.7 Å². The van der Waals surface area contributed by atoms with Crippen molar-refractivity contribution in [1.82, 2.24) is 14.9 Å². The molecule has 0 spiro atoms. The summed E-state index contributed by atoms with van der Waals surface area (Å²) in [6.07, 6.45) is 8.48. The lowest BCUT2D eigenvalue weighted by molar-refractivity contribution is -0.127. The third-order valence-corrected chi connectivity index (χ3v) is 10.2. The van der Waals surface area contributed by atoms with Crippen LogP contribution in [0.2, 0.25) is 10.0 Å². The first kappa shape index (κ1) is 36.5. The van der Waals surface area contributed by atoms with Gasteiger partial charge in [0, 0.05) is 29.2 Å². The van der Waals surface area contributed by atoms with Crippen LogP contribution in [0.3, 0.4) is 0 Å². The second kappa shape index (κ2) is 16.3. The van der Waals surface area contributed by atoms with E-state index in [1.807, 2.05) is 42.6 Å². The van der Waals surface area contributed by atoms with E-state index in [9.17, 15) is 9.59 Å². The molecule has 1 aliphatic rings. The van der Waals surface area contributed by atoms with E-state index in [1.165, 1.54) is 0 Å². The van der Waals surface area contributed by atoms with Gasteiger partial charge in [-0.2, -0.15) is 0 Å². The van der Waals surface area contributed by atoms with E-state index < -0.39 is 5.97 Å². The minimum Gasteiger partial charge on any atom is -0.489 e. The Hall–Kier alpha value is -3.81. The molecule has 2 N–H and O–H groups in total. The minimum atomic E-state index is -0.955. The predicted octanol–water partition coefficient (Wildman–Crippen LogP) is 10.2. The van der Waals surface area contributed by atoms with Crippen molar-refractivity contribution in [2.45, 2.75) is 91.8 Å². The molecule has 0 aliphatic heterocycles. The standard InChI is InChI=1S/C40H47Cl2N3O4/c1-5-6-21-45-24-36(33-20-17-31(41)23-34(33)42)43-37(45)35(44-38(46)28-13-15-30(16-14-28)40(2,3)4)22-26-9-18-32(19-10-26)49-25-27-7-11-29(12-8-27)39(47)48/h7-12,17-20,23-24,28,30,35H,5-6,13-16,21-22,25H2,1-4H3,(H,44,46)(H,47,48)/t28?,30?,35-/m0/s1. The lowest BCUT2D eigenvalue weighted by Gasteiger charge is -2.36. The molecule has 1 atom stereocenters. The molecule has 1 fully saturated rings. The molecule has 0 radical (unpaired) electrons. The zero-order valence-corrected chi connectivity index (χ0v) is 30.4. The first-order valence-corrected chi connectivity index (χ1v) is 18.0. The zero-order valence-electron chi connectivity index (χ0n) is 28.8. The summed E-state index contributed by atoms with van der Waals surface area (Å²) in [4.78, 5) is 30.2. The van der Waals surface area contributed by atoms with Crippen LogP contribution < -0.4 is 10.1 Å². The number of rotatable bonds is 13. The molecule has 0 unspecified atom stereocenters. The summed E-state index contributed by atoms with van der Waals surface area (Å²) >= 11 is 12.8. The number of carboxylic acids is 1. The second-order valence-electron chi connectivity index (χ2n) is 14.3. The van der Waals surface area contributed by atoms with Crippen LogP contribution in [0, 0.1) is 17.3 Å². The third kappa shape index (κ3) is 9.67. The Kier molecular flexibility index (Phi) is 12.1. The Bertz CT molecular complexity index is 1720. The van der Waals surface area contributed by atoms with Crippen LogP contribution >= 0.6 is 23.2 Å². The molecule has 1 amide bonds. The number of carbonyl (C=O) groups excluding carboxylic acids is 1. The van der Waals surface area contributed by atoms with Gasteiger partial charge in [0.1, 0.15) is 18.2 Å². The van der Waals surface area contributed by atoms with Crippen molar-refractivity contribution in [3.8, 4) is 17.0 Å². The van der Waals surface area contributed by atoms with Gasteiger partial charge in [-0.1, -0.05) is 81.6 Å². The van der Waals surface area contributed by atoms with Crippen molar-refractivity contribution < 1.29 is 19.4 Å². The normalized spacial score (nSPS) is 17.0. The number of nitrogens with zero attached hydrogens (tertiary/aromatic N) is 2. The number of aromatic nitrogens is 2. The number of carboxylic acid groups (broad SMARTS) is 1. The van der Waals surface area contributed by atoms with Gasteiger partial charge >= 0.3 is 5.97 Å². The van der Waals surface area contributed by atoms with E-state index in [-0.39, 0.29) is 28.8 Å². The van der Waals surface area contributed by atoms with Gasteiger partial charge in [0.15, 0.2) is 0 Å². The topological polar surface area (TPSA) is 93.5 Å². The van der Waals surface area contributed by atoms with Crippen molar-refractivity contribution >= 4 is 35.1 Å². The van der Waals surface area contributed by atoms with Gasteiger partial charge < -0.3 is 19.7 Å². The highest BCUT2D eigenvalue weighted by molar-refractivity contribution is 6.36. The fourth-order valence-electron chi connectivity index (χ4n) is 6.63. The lowest BCUT2D eigenvalue weighted by Crippen LogP contribution is -2.38. The van der Waals surface area contributed by atoms with E-state index in [4.69, 9.17) is 38.0 Å². The summed E-state index contributed by atoms with van der Waals surface area (Å²) in [6.45, 7) is 10.1. The number of benzene rings is 3. The van der Waals surface area contributed by atoms with E-state index >= 15 is 0 Å². The van der Waals surface area contributed by atoms with Gasteiger partial charge in [-0.15, -0.1) is 0 Å². The molecule has 1 heterocycles. The van der Waals surface area contributed by atoms with Gasteiger partial charge in [-0.3, -0.25) is 4.79 Å². The number of aryl methyl sites for hydroxylation is 1. The number of hydrogen-bond donors (Lipinski definition) is 2. The van der Waals surface area contributed by atoms with Crippen LogP contribution in [0.25, 0.3) is 11.3 Å². The molecule has 4 aromatic rings. The van der Waals surface area contributed by atoms with Crippen molar-refractivity contribution in [3.05, 3.63) is 105 Å². The number of imidazole rings is 1. The Morgan fingerprint density at radius 1 is 0.980 bits per heavy atom. The highest BCUT2D eigenvalue weighted by Crippen LogP contribution is 2.40. The third-order valence-electron chi connectivity index (χ3n) is 9.69. The van der Waals surface area contributed by atoms with Crippen molar-refractivity contribution in [2.75, 3.05) is 0 Å². The number of unbranched alkanes of at least 4 members (excludes halogenated alkanes) is 1. The molecule has 1 saturated carbocycles. The maximum Gasteiger partial charge on any atom is 0.335 e. The molecule has 260 valence electrons. The van der Waals surface area contributed by atoms with Crippen molar-refractivity contribution in [3.63, 3.8) is 0 Å². The average molecular weight is 705 g/mol. The molecule has 0 bridgehead atoms. The molecular formula is C40H47Cl2N3O4. The summed E-state index contributed by atoms with van der Waals surface area (Å²) in [5.41, 5.74) is 3.95. The summed E-state index contributed by atoms with van der Waals surface area (Å²) in [5.74, 6) is 1.23. The number of nitrogens with one attached hydrogen (secondary N) is 1. The first-order valence-electron chi connectivity index (χ1n) is 17.3. The largest absolute Gasteiger partial charge is 0.489 e. The van der Waals surface area contributed by atoms with Gasteiger partial charge in [-0.05, 0) is 103 Å². The Morgan fingerprint density at radius 2 is 1.65 bits per heavy atom. The highest BCUT2D eigenvalue weighted by Gasteiger charge is 2.34. The molecule has 0 saturated heterocycles. The maximum absolute atomic E-state index is 13.9. The van der Waals surface area contributed by atoms with Gasteiger partial charge in [0.05, 0.1) is 22.3 Å². The molecule has 7 nitrogen and oxygen atoms in total. The van der Waals surface area contributed by atoms with Crippen LogP contribution in [0.5, 0.6) is 5.75 Å². The number of carbonyl (C=O) groups is 2. The minimum absolute atomic E-state index is 0.0225. The molecule has 1 aliphatic carbocycles. The summed E-state index contributed by atoms with van der Waals surface area (Å²) < 4.78 is 8.16. The average Bonchev–Trinajstić information content (AvgIpc) is 3.50. The second-order valence-corrected chi connectivity index (χ2v) is 15.1. The fraction of sp³-hybridized carbons (Fsp3) is 0.425. The van der Waals surface area contributed by atoms with Crippen LogP contribution in [0.1, 0.15) is 99.6 Å². The van der Waals surface area contributed by atoms with Crippen LogP contribution in [0.15, 0.2) is 72.9 Å². The van der Waals surface area contributed by atoms with Gasteiger partial charge in [0.2, 0.25) is 5.91 Å². The lowest BCUT2D eigenvalue weighted by atomic mass is 9.69. The smallest absolute Gasteiger partial charge is 0.335 e. The molecule has 49 heavy (non-hydrogen) atoms. The van der Waals surface area contributed by atoms with Crippen LogP contribution in [0.4, 0.5) is 0 Å². The summed E-state index contributed by atoms with van der Waals surface area (Å²) in [7, 11) is 0. The Balaban J connectivity index is 1.38. The SMILES string of the molecule is CCCCn1cc(-c2ccc(Cl)cc2Cl)nc1[C@H](Cc1ccc(OCc2ccc(C(=O)O)cc2)cc1)NC(=O)C1CCC(C(C)(C)C)CC1. The van der Waals surface area contributed by atoms with Gasteiger partial charge in [-0.25, -0.2) is 9.78 Å². The number of aromatic carboxylic acids is 1. The highest BCUT2D eigenvalue weighted by atomic mass is 35.5. The fourth-order valence-corrected chi connectivity index (χ4v) is 7.13. The molecule has 1 aromatic heterocycles. The van der Waals surface area contributed by atoms with Crippen molar-refractivity contribution in [2.24, 2.45) is 17.3 Å². The van der Waals surface area contributed by atoms with Gasteiger partial charge in [0.25, 0.3) is 0 Å². The van der Waals surface area contributed by atoms with Crippen LogP contribution in [-0.4, -0.2) is 26.5 Å². The number of hydrogen-bond acceptors (Lipinski definition) is 4. The van der Waals surface area contributed by atoms with E-state index in [1.54, 1.807) is 30.3 Å². The van der Waals surface area contributed by atoms with Crippen LogP contribution in [-0.2, 0) is 24.4 Å². The number of ether oxygens (including phenoxy) is 1. The van der Waals surface area contributed by atoms with Crippen molar-refractivity contribution in [1.29, 1.82) is 0 Å². The molecular weight excluding hydrogens is 657 g/mol. The van der Waals surface area contributed by atoms with E-state index in [0.717, 1.165) is 73.3 Å². The Labute approximate surface area is 300 Å². The zero-order chi connectivity index (χ0) is 35.1. The monoisotopic (exact) mass is 703 g/mol. The number of amides is 1. The van der Waals surface area contributed by atoms with E-state index in [2.05, 4.69) is 37.6 Å². The Morgan fingerprint density at radius 3 is 2.27 bits per heavy atom. The summed E-state index contributed by atoms with van der Waals surface area (Å²) in [6, 6.07) is 19.6.